The Kier molecular flexibility index (Phi) is 4.18. The van der Waals surface area contributed by atoms with E-state index in [-0.39, 0.29) is 5.91 Å². The summed E-state index contributed by atoms with van der Waals surface area (Å²) in [5.74, 6) is -0.137. The number of alkyl carbamates (subject to hydrolysis) is 1. The number of nitrogens with one attached hydrogen (secondary N) is 1. The Morgan fingerprint density at radius 1 is 1.21 bits per heavy atom. The van der Waals surface area contributed by atoms with Crippen LogP contribution in [0.15, 0.2) is 42.5 Å². The first-order chi connectivity index (χ1) is 9.22. The van der Waals surface area contributed by atoms with Gasteiger partial charge in [-0.2, -0.15) is 0 Å². The molecule has 0 fully saturated rings. The highest BCUT2D eigenvalue weighted by atomic mass is 16.5. The quantitative estimate of drug-likeness (QED) is 0.837. The van der Waals surface area contributed by atoms with E-state index in [1.54, 1.807) is 4.90 Å². The molecule has 1 aromatic carbocycles. The normalized spacial score (nSPS) is 15.1. The van der Waals surface area contributed by atoms with E-state index in [9.17, 15) is 9.59 Å². The van der Waals surface area contributed by atoms with E-state index in [0.29, 0.717) is 13.1 Å². The van der Waals surface area contributed by atoms with Gasteiger partial charge >= 0.3 is 6.09 Å². The molecule has 2 amide bonds. The molecule has 2 rings (SSSR count). The van der Waals surface area contributed by atoms with E-state index in [0.717, 1.165) is 5.56 Å². The van der Waals surface area contributed by atoms with Crippen LogP contribution in [0.4, 0.5) is 4.79 Å². The summed E-state index contributed by atoms with van der Waals surface area (Å²) in [6.07, 6.45) is 3.24. The molecule has 1 atom stereocenters. The summed E-state index contributed by atoms with van der Waals surface area (Å²) in [4.78, 5) is 25.5. The van der Waals surface area contributed by atoms with Crippen molar-refractivity contribution in [1.29, 1.82) is 0 Å². The number of hydrogen-bond acceptors (Lipinski definition) is 3. The molecule has 0 radical (unpaired) electrons. The van der Waals surface area contributed by atoms with Gasteiger partial charge in [0, 0.05) is 13.1 Å². The highest BCUT2D eigenvalue weighted by Gasteiger charge is 2.27. The van der Waals surface area contributed by atoms with Gasteiger partial charge in [0.25, 0.3) is 0 Å². The van der Waals surface area contributed by atoms with E-state index < -0.39 is 12.1 Å². The molecule has 5 heteroatoms. The molecule has 5 nitrogen and oxygen atoms in total. The van der Waals surface area contributed by atoms with Crippen molar-refractivity contribution in [2.24, 2.45) is 0 Å². The van der Waals surface area contributed by atoms with Crippen molar-refractivity contribution in [3.63, 3.8) is 0 Å². The highest BCUT2D eigenvalue weighted by molar-refractivity contribution is 5.87. The van der Waals surface area contributed by atoms with E-state index in [4.69, 9.17) is 0 Å². The molecule has 1 unspecified atom stereocenters. The third-order valence-electron chi connectivity index (χ3n) is 2.96. The van der Waals surface area contributed by atoms with Crippen molar-refractivity contribution >= 4 is 12.0 Å². The Bertz CT molecular complexity index is 477. The second-order valence-electron chi connectivity index (χ2n) is 4.19. The number of ether oxygens (including phenoxy) is 1. The molecule has 1 heterocycles. The smallest absolute Gasteiger partial charge is 0.407 e. The zero-order valence-corrected chi connectivity index (χ0v) is 10.7. The molecule has 1 N–H and O–H groups in total. The van der Waals surface area contributed by atoms with Crippen molar-refractivity contribution in [2.45, 2.75) is 6.04 Å². The fourth-order valence-corrected chi connectivity index (χ4v) is 1.95. The molecule has 1 aliphatic rings. The van der Waals surface area contributed by atoms with Gasteiger partial charge in [0.1, 0.15) is 6.04 Å². The van der Waals surface area contributed by atoms with E-state index in [1.165, 1.54) is 7.11 Å². The summed E-state index contributed by atoms with van der Waals surface area (Å²) in [7, 11) is 1.28. The lowest BCUT2D eigenvalue weighted by Gasteiger charge is -2.23. The molecule has 0 spiro atoms. The fraction of sp³-hybridized carbons (Fsp3) is 0.286. The van der Waals surface area contributed by atoms with Gasteiger partial charge in [-0.05, 0) is 5.56 Å². The van der Waals surface area contributed by atoms with Crippen molar-refractivity contribution in [3.8, 4) is 0 Å². The van der Waals surface area contributed by atoms with Gasteiger partial charge in [-0.3, -0.25) is 4.79 Å². The van der Waals surface area contributed by atoms with Crippen molar-refractivity contribution in [1.82, 2.24) is 10.2 Å². The van der Waals surface area contributed by atoms with Gasteiger partial charge in [0.2, 0.25) is 5.91 Å². The molecule has 0 saturated carbocycles. The number of benzene rings is 1. The maximum absolute atomic E-state index is 12.4. The Balaban J connectivity index is 2.18. The van der Waals surface area contributed by atoms with Crippen LogP contribution in [0.2, 0.25) is 0 Å². The maximum atomic E-state index is 12.4. The fourth-order valence-electron chi connectivity index (χ4n) is 1.95. The van der Waals surface area contributed by atoms with Gasteiger partial charge in [0.05, 0.1) is 7.11 Å². The Hall–Kier alpha value is -2.30. The number of nitrogens with zero attached hydrogens (tertiary/aromatic N) is 1. The predicted octanol–water partition coefficient (Wildman–Crippen LogP) is 1.48. The van der Waals surface area contributed by atoms with Crippen LogP contribution in [-0.2, 0) is 9.53 Å². The molecule has 0 aliphatic carbocycles. The van der Waals surface area contributed by atoms with Crippen LogP contribution in [0.3, 0.4) is 0 Å². The summed E-state index contributed by atoms with van der Waals surface area (Å²) in [5, 5.41) is 2.58. The topological polar surface area (TPSA) is 58.6 Å². The summed E-state index contributed by atoms with van der Waals surface area (Å²) < 4.78 is 4.58. The third kappa shape index (κ3) is 3.13. The van der Waals surface area contributed by atoms with Crippen LogP contribution in [0.25, 0.3) is 0 Å². The summed E-state index contributed by atoms with van der Waals surface area (Å²) >= 11 is 0. The average Bonchev–Trinajstić information content (AvgIpc) is 2.99. The monoisotopic (exact) mass is 260 g/mol. The second-order valence-corrected chi connectivity index (χ2v) is 4.19. The molecule has 0 saturated heterocycles. The molecule has 0 bridgehead atoms. The average molecular weight is 260 g/mol. The first kappa shape index (κ1) is 13.1. The van der Waals surface area contributed by atoms with Crippen molar-refractivity contribution < 1.29 is 14.3 Å². The van der Waals surface area contributed by atoms with E-state index in [2.05, 4.69) is 10.1 Å². The lowest BCUT2D eigenvalue weighted by atomic mass is 10.1. The third-order valence-corrected chi connectivity index (χ3v) is 2.96. The van der Waals surface area contributed by atoms with E-state index >= 15 is 0 Å². The maximum Gasteiger partial charge on any atom is 0.407 e. The molecule has 0 aromatic heterocycles. The molecule has 1 aromatic rings. The van der Waals surface area contributed by atoms with Crippen LogP contribution < -0.4 is 5.32 Å². The van der Waals surface area contributed by atoms with Gasteiger partial charge in [0.15, 0.2) is 0 Å². The van der Waals surface area contributed by atoms with Crippen LogP contribution >= 0.6 is 0 Å². The number of hydrogen-bond donors (Lipinski definition) is 1. The summed E-state index contributed by atoms with van der Waals surface area (Å²) in [6.45, 7) is 1.15. The predicted molar refractivity (Wildman–Crippen MR) is 70.4 cm³/mol. The molecule has 1 aliphatic heterocycles. The zero-order chi connectivity index (χ0) is 13.7. The van der Waals surface area contributed by atoms with Crippen molar-refractivity contribution in [3.05, 3.63) is 48.0 Å². The largest absolute Gasteiger partial charge is 0.453 e. The Morgan fingerprint density at radius 2 is 1.84 bits per heavy atom. The molecule has 100 valence electrons. The molecular weight excluding hydrogens is 244 g/mol. The number of rotatable bonds is 3. The second kappa shape index (κ2) is 6.04. The Morgan fingerprint density at radius 3 is 2.42 bits per heavy atom. The summed E-state index contributed by atoms with van der Waals surface area (Å²) in [6, 6.07) is 8.42. The van der Waals surface area contributed by atoms with Gasteiger partial charge in [-0.25, -0.2) is 4.79 Å². The zero-order valence-electron chi connectivity index (χ0n) is 10.7. The van der Waals surface area contributed by atoms with Crippen LogP contribution in [0, 0.1) is 0 Å². The van der Waals surface area contributed by atoms with Gasteiger partial charge in [-0.15, -0.1) is 0 Å². The highest BCUT2D eigenvalue weighted by Crippen LogP contribution is 2.17. The SMILES string of the molecule is COC(=O)NC(C(=O)N1CC=CC1)c1ccccc1. The number of carbonyl (C=O) groups excluding carboxylic acids is 2. The van der Waals surface area contributed by atoms with Gasteiger partial charge in [-0.1, -0.05) is 42.5 Å². The lowest BCUT2D eigenvalue weighted by Crippen LogP contribution is -2.42. The lowest BCUT2D eigenvalue weighted by molar-refractivity contribution is -0.132. The molecular formula is C14H16N2O3. The molecule has 19 heavy (non-hydrogen) atoms. The van der Waals surface area contributed by atoms with Crippen molar-refractivity contribution in [2.75, 3.05) is 20.2 Å². The number of carbonyl (C=O) groups is 2. The van der Waals surface area contributed by atoms with Crippen LogP contribution in [0.5, 0.6) is 0 Å². The summed E-state index contributed by atoms with van der Waals surface area (Å²) in [5.41, 5.74) is 0.741. The minimum Gasteiger partial charge on any atom is -0.453 e. The van der Waals surface area contributed by atoms with E-state index in [1.807, 2.05) is 42.5 Å². The number of amides is 2. The first-order valence-corrected chi connectivity index (χ1v) is 6.05. The van der Waals surface area contributed by atoms with Crippen LogP contribution in [0.1, 0.15) is 11.6 Å². The minimum atomic E-state index is -0.714. The van der Waals surface area contributed by atoms with Crippen LogP contribution in [-0.4, -0.2) is 37.1 Å². The standard InChI is InChI=1S/C14H16N2O3/c1-19-14(18)15-12(11-7-3-2-4-8-11)13(17)16-9-5-6-10-16/h2-8,12H,9-10H2,1H3,(H,15,18). The minimum absolute atomic E-state index is 0.137. The van der Waals surface area contributed by atoms with Gasteiger partial charge < -0.3 is 15.0 Å². The number of methoxy groups -OCH3 is 1. The Labute approximate surface area is 111 Å². The first-order valence-electron chi connectivity index (χ1n) is 6.05.